The summed E-state index contributed by atoms with van der Waals surface area (Å²) in [6, 6.07) is 19.5. The molecule has 0 bridgehead atoms. The molecular formula is C23H19N5OS2. The first-order valence-electron chi connectivity index (χ1n) is 9.69. The van der Waals surface area contributed by atoms with E-state index in [1.54, 1.807) is 41.0 Å². The molecular weight excluding hydrogens is 426 g/mol. The zero-order valence-corrected chi connectivity index (χ0v) is 18.2. The van der Waals surface area contributed by atoms with Gasteiger partial charge in [-0.3, -0.25) is 4.79 Å². The number of amides is 1. The number of anilines is 1. The van der Waals surface area contributed by atoms with Crippen LogP contribution in [0.2, 0.25) is 0 Å². The third-order valence-electron chi connectivity index (χ3n) is 4.46. The van der Waals surface area contributed by atoms with Gasteiger partial charge in [0, 0.05) is 29.7 Å². The van der Waals surface area contributed by atoms with E-state index in [1.165, 1.54) is 0 Å². The number of hydrogen-bond acceptors (Lipinski definition) is 7. The van der Waals surface area contributed by atoms with E-state index in [0.717, 1.165) is 26.0 Å². The van der Waals surface area contributed by atoms with Crippen molar-refractivity contribution < 1.29 is 4.79 Å². The molecule has 0 atom stereocenters. The van der Waals surface area contributed by atoms with Gasteiger partial charge in [0.1, 0.15) is 16.9 Å². The van der Waals surface area contributed by atoms with Crippen molar-refractivity contribution in [3.8, 4) is 27.2 Å². The molecule has 1 amide bonds. The molecule has 0 aliphatic carbocycles. The second-order valence-electron chi connectivity index (χ2n) is 6.60. The van der Waals surface area contributed by atoms with E-state index in [1.807, 2.05) is 47.8 Å². The molecule has 4 rings (SSSR count). The Morgan fingerprint density at radius 2 is 1.94 bits per heavy atom. The highest BCUT2D eigenvalue weighted by molar-refractivity contribution is 7.17. The van der Waals surface area contributed by atoms with Gasteiger partial charge in [-0.25, -0.2) is 9.97 Å². The van der Waals surface area contributed by atoms with Crippen molar-refractivity contribution >= 4 is 34.4 Å². The van der Waals surface area contributed by atoms with Crippen LogP contribution in [0.5, 0.6) is 0 Å². The van der Waals surface area contributed by atoms with Gasteiger partial charge in [-0.1, -0.05) is 36.4 Å². The number of carbonyl (C=O) groups is 1. The summed E-state index contributed by atoms with van der Waals surface area (Å²) in [7, 11) is 0. The van der Waals surface area contributed by atoms with Gasteiger partial charge < -0.3 is 10.6 Å². The Morgan fingerprint density at radius 3 is 2.71 bits per heavy atom. The fourth-order valence-electron chi connectivity index (χ4n) is 3.01. The van der Waals surface area contributed by atoms with E-state index in [9.17, 15) is 4.79 Å². The monoisotopic (exact) mass is 445 g/mol. The number of thiophene rings is 1. The molecule has 0 unspecified atom stereocenters. The molecule has 2 N–H and O–H groups in total. The van der Waals surface area contributed by atoms with Crippen LogP contribution in [0.4, 0.5) is 5.82 Å². The van der Waals surface area contributed by atoms with Crippen LogP contribution in [0.15, 0.2) is 66.2 Å². The largest absolute Gasteiger partial charge is 0.367 e. The van der Waals surface area contributed by atoms with Crippen molar-refractivity contribution in [1.29, 1.82) is 5.26 Å². The van der Waals surface area contributed by atoms with Gasteiger partial charge >= 0.3 is 0 Å². The van der Waals surface area contributed by atoms with Crippen molar-refractivity contribution in [3.63, 3.8) is 0 Å². The van der Waals surface area contributed by atoms with Crippen LogP contribution in [0.3, 0.4) is 0 Å². The third-order valence-corrected chi connectivity index (χ3v) is 6.44. The van der Waals surface area contributed by atoms with Crippen molar-refractivity contribution in [2.75, 3.05) is 18.4 Å². The second-order valence-corrected chi connectivity index (χ2v) is 8.63. The maximum absolute atomic E-state index is 12.6. The Hall–Kier alpha value is -3.54. The molecule has 0 aliphatic rings. The summed E-state index contributed by atoms with van der Waals surface area (Å²) in [6.45, 7) is 0.909. The van der Waals surface area contributed by atoms with E-state index in [-0.39, 0.29) is 12.3 Å². The normalized spacial score (nSPS) is 10.4. The molecule has 0 aliphatic heterocycles. The van der Waals surface area contributed by atoms with Gasteiger partial charge in [-0.15, -0.1) is 22.7 Å². The van der Waals surface area contributed by atoms with Crippen molar-refractivity contribution in [2.24, 2.45) is 0 Å². The molecule has 31 heavy (non-hydrogen) atoms. The Morgan fingerprint density at radius 1 is 1.06 bits per heavy atom. The lowest BCUT2D eigenvalue weighted by Gasteiger charge is -2.08. The number of aromatic nitrogens is 2. The Kier molecular flexibility index (Phi) is 6.67. The van der Waals surface area contributed by atoms with Crippen LogP contribution >= 0.6 is 22.7 Å². The van der Waals surface area contributed by atoms with Crippen molar-refractivity contribution in [2.45, 2.75) is 6.42 Å². The molecule has 3 heterocycles. The van der Waals surface area contributed by atoms with Crippen LogP contribution in [0, 0.1) is 11.3 Å². The minimum atomic E-state index is -0.0654. The number of nitriles is 1. The predicted molar refractivity (Wildman–Crippen MR) is 125 cm³/mol. The van der Waals surface area contributed by atoms with Gasteiger partial charge in [0.15, 0.2) is 0 Å². The first-order chi connectivity index (χ1) is 15.2. The maximum Gasteiger partial charge on any atom is 0.225 e. The fraction of sp³-hybridized carbons (Fsp3) is 0.130. The molecule has 0 saturated carbocycles. The highest BCUT2D eigenvalue weighted by Gasteiger charge is 2.17. The summed E-state index contributed by atoms with van der Waals surface area (Å²) in [5.74, 6) is 0.457. The van der Waals surface area contributed by atoms with E-state index >= 15 is 0 Å². The number of thiazole rings is 1. The van der Waals surface area contributed by atoms with Crippen LogP contribution in [-0.2, 0) is 11.2 Å². The second kappa shape index (κ2) is 9.98. The fourth-order valence-corrected chi connectivity index (χ4v) is 4.89. The number of pyridine rings is 1. The van der Waals surface area contributed by atoms with Gasteiger partial charge in [-0.05, 0) is 23.6 Å². The van der Waals surface area contributed by atoms with E-state index in [2.05, 4.69) is 21.7 Å². The topological polar surface area (TPSA) is 90.7 Å². The summed E-state index contributed by atoms with van der Waals surface area (Å²) in [4.78, 5) is 23.6. The molecule has 154 valence electrons. The van der Waals surface area contributed by atoms with Gasteiger partial charge in [0.25, 0.3) is 0 Å². The highest BCUT2D eigenvalue weighted by Crippen LogP contribution is 2.36. The van der Waals surface area contributed by atoms with Gasteiger partial charge in [-0.2, -0.15) is 5.26 Å². The lowest BCUT2D eigenvalue weighted by Crippen LogP contribution is -2.30. The molecule has 0 fully saturated rings. The minimum absolute atomic E-state index is 0.0654. The SMILES string of the molecule is N#Cc1cccnc1NCCNC(=O)Cc1sc(-c2ccccc2)nc1-c1cccs1. The Labute approximate surface area is 188 Å². The summed E-state index contributed by atoms with van der Waals surface area (Å²) in [6.07, 6.45) is 1.90. The molecule has 6 nitrogen and oxygen atoms in total. The average molecular weight is 446 g/mol. The molecule has 0 saturated heterocycles. The Bertz CT molecular complexity index is 1200. The molecule has 1 aromatic carbocycles. The quantitative estimate of drug-likeness (QED) is 0.388. The molecule has 0 spiro atoms. The van der Waals surface area contributed by atoms with E-state index < -0.39 is 0 Å². The lowest BCUT2D eigenvalue weighted by molar-refractivity contribution is -0.120. The summed E-state index contributed by atoms with van der Waals surface area (Å²) in [5, 5.41) is 18.1. The average Bonchev–Trinajstić information content (AvgIpc) is 3.48. The van der Waals surface area contributed by atoms with Crippen LogP contribution in [0.1, 0.15) is 10.4 Å². The van der Waals surface area contributed by atoms with Crippen LogP contribution < -0.4 is 10.6 Å². The molecule has 8 heteroatoms. The molecule has 4 aromatic rings. The number of carbonyl (C=O) groups excluding carboxylic acids is 1. The first-order valence-corrected chi connectivity index (χ1v) is 11.4. The smallest absolute Gasteiger partial charge is 0.225 e. The lowest BCUT2D eigenvalue weighted by atomic mass is 10.2. The molecule has 0 radical (unpaired) electrons. The summed E-state index contributed by atoms with van der Waals surface area (Å²) in [5.41, 5.74) is 2.40. The predicted octanol–water partition coefficient (Wildman–Crippen LogP) is 4.58. The number of hydrogen-bond donors (Lipinski definition) is 2. The van der Waals surface area contributed by atoms with Crippen LogP contribution in [0.25, 0.3) is 21.1 Å². The zero-order chi connectivity index (χ0) is 21.5. The third kappa shape index (κ3) is 5.15. The number of rotatable bonds is 8. The van der Waals surface area contributed by atoms with Gasteiger partial charge in [0.2, 0.25) is 5.91 Å². The van der Waals surface area contributed by atoms with E-state index in [0.29, 0.717) is 24.5 Å². The molecule has 3 aromatic heterocycles. The minimum Gasteiger partial charge on any atom is -0.367 e. The Balaban J connectivity index is 1.40. The number of nitrogens with zero attached hydrogens (tertiary/aromatic N) is 3. The number of nitrogens with one attached hydrogen (secondary N) is 2. The summed E-state index contributed by atoms with van der Waals surface area (Å²) < 4.78 is 0. The first kappa shape index (κ1) is 20.7. The summed E-state index contributed by atoms with van der Waals surface area (Å²) >= 11 is 3.17. The van der Waals surface area contributed by atoms with E-state index in [4.69, 9.17) is 10.2 Å². The number of benzene rings is 1. The van der Waals surface area contributed by atoms with Gasteiger partial charge in [0.05, 0.1) is 22.6 Å². The standard InChI is InChI=1S/C23H19N5OS2/c24-15-17-8-4-10-26-22(17)27-12-11-25-20(29)14-19-21(18-9-5-13-30-18)28-23(31-19)16-6-2-1-3-7-16/h1-10,13H,11-12,14H2,(H,25,29)(H,26,27). The zero-order valence-electron chi connectivity index (χ0n) is 16.5. The van der Waals surface area contributed by atoms with Crippen molar-refractivity contribution in [1.82, 2.24) is 15.3 Å². The van der Waals surface area contributed by atoms with Crippen molar-refractivity contribution in [3.05, 3.63) is 76.6 Å². The maximum atomic E-state index is 12.6. The van der Waals surface area contributed by atoms with Crippen LogP contribution in [-0.4, -0.2) is 29.0 Å². The highest BCUT2D eigenvalue weighted by atomic mass is 32.1.